The molecule has 0 saturated carbocycles. The Labute approximate surface area is 137 Å². The van der Waals surface area contributed by atoms with Crippen molar-refractivity contribution < 1.29 is 28.5 Å². The monoisotopic (exact) mass is 332 g/mol. The van der Waals surface area contributed by atoms with Crippen LogP contribution in [0.2, 0.25) is 0 Å². The Morgan fingerprint density at radius 2 is 1.75 bits per heavy atom. The first-order valence-corrected chi connectivity index (χ1v) is 7.24. The van der Waals surface area contributed by atoms with E-state index in [0.717, 1.165) is 0 Å². The fourth-order valence-electron chi connectivity index (χ4n) is 2.82. The zero-order chi connectivity index (χ0) is 17.4. The number of phenolic OH excluding ortho intramolecular Hbond substituents is 1. The largest absolute Gasteiger partial charge is 0.502 e. The van der Waals surface area contributed by atoms with Crippen LogP contribution in [0.4, 0.5) is 0 Å². The van der Waals surface area contributed by atoms with Crippen LogP contribution in [0.15, 0.2) is 27.4 Å². The van der Waals surface area contributed by atoms with Gasteiger partial charge in [0.1, 0.15) is 11.5 Å². The average Bonchev–Trinajstić information content (AvgIpc) is 2.53. The van der Waals surface area contributed by atoms with E-state index in [1.165, 1.54) is 20.3 Å². The summed E-state index contributed by atoms with van der Waals surface area (Å²) in [6, 6.07) is 4.63. The van der Waals surface area contributed by atoms with Gasteiger partial charge in [-0.05, 0) is 24.6 Å². The molecule has 1 aliphatic rings. The molecule has 126 valence electrons. The minimum absolute atomic E-state index is 0.0299. The predicted octanol–water partition coefficient (Wildman–Crippen LogP) is 2.11. The summed E-state index contributed by atoms with van der Waals surface area (Å²) in [5.74, 6) is -0.282. The van der Waals surface area contributed by atoms with Crippen molar-refractivity contribution in [2.75, 3.05) is 14.2 Å². The van der Waals surface area contributed by atoms with Gasteiger partial charge in [-0.1, -0.05) is 0 Å². The van der Waals surface area contributed by atoms with E-state index in [1.54, 1.807) is 19.1 Å². The molecule has 7 heteroatoms. The first kappa shape index (κ1) is 15.9. The van der Waals surface area contributed by atoms with Crippen molar-refractivity contribution in [2.45, 2.75) is 19.3 Å². The van der Waals surface area contributed by atoms with Crippen LogP contribution in [0.3, 0.4) is 0 Å². The van der Waals surface area contributed by atoms with Gasteiger partial charge >= 0.3 is 11.6 Å². The van der Waals surface area contributed by atoms with E-state index in [9.17, 15) is 14.7 Å². The molecule has 0 saturated heterocycles. The van der Waals surface area contributed by atoms with E-state index in [-0.39, 0.29) is 35.0 Å². The molecule has 0 spiro atoms. The maximum absolute atomic E-state index is 12.3. The second-order valence-corrected chi connectivity index (χ2v) is 5.43. The molecule has 0 radical (unpaired) electrons. The third-order valence-electron chi connectivity index (χ3n) is 3.92. The van der Waals surface area contributed by atoms with Crippen molar-refractivity contribution in [3.63, 3.8) is 0 Å². The Morgan fingerprint density at radius 1 is 1.12 bits per heavy atom. The zero-order valence-corrected chi connectivity index (χ0v) is 13.4. The number of methoxy groups -OCH3 is 2. The summed E-state index contributed by atoms with van der Waals surface area (Å²) < 4.78 is 20.6. The van der Waals surface area contributed by atoms with Crippen LogP contribution in [-0.2, 0) is 4.79 Å². The van der Waals surface area contributed by atoms with Crippen molar-refractivity contribution >= 4 is 5.97 Å². The third-order valence-corrected chi connectivity index (χ3v) is 3.92. The molecular weight excluding hydrogens is 316 g/mol. The summed E-state index contributed by atoms with van der Waals surface area (Å²) in [6.45, 7) is 1.60. The minimum Gasteiger partial charge on any atom is -0.502 e. The lowest BCUT2D eigenvalue weighted by Gasteiger charge is -2.24. The highest BCUT2D eigenvalue weighted by molar-refractivity contribution is 5.77. The molecule has 2 aromatic rings. The van der Waals surface area contributed by atoms with Crippen LogP contribution in [-0.4, -0.2) is 25.3 Å². The van der Waals surface area contributed by atoms with Crippen molar-refractivity contribution in [3.8, 4) is 23.0 Å². The third kappa shape index (κ3) is 2.58. The Balaban J connectivity index is 2.21. The van der Waals surface area contributed by atoms with E-state index in [4.69, 9.17) is 18.6 Å². The fraction of sp³-hybridized carbons (Fsp3) is 0.294. The molecule has 0 fully saturated rings. The van der Waals surface area contributed by atoms with Crippen LogP contribution in [0.25, 0.3) is 0 Å². The first-order valence-electron chi connectivity index (χ1n) is 7.24. The number of esters is 1. The van der Waals surface area contributed by atoms with Gasteiger partial charge in [-0.15, -0.1) is 0 Å². The number of hydrogen-bond donors (Lipinski definition) is 1. The smallest absolute Gasteiger partial charge is 0.343 e. The number of ether oxygens (including phenoxy) is 3. The van der Waals surface area contributed by atoms with Gasteiger partial charge in [-0.3, -0.25) is 4.79 Å². The lowest BCUT2D eigenvalue weighted by Crippen LogP contribution is -2.26. The number of phenols is 1. The molecule has 1 atom stereocenters. The molecule has 1 aromatic carbocycles. The summed E-state index contributed by atoms with van der Waals surface area (Å²) in [4.78, 5) is 24.2. The van der Waals surface area contributed by atoms with Crippen molar-refractivity contribution in [3.05, 3.63) is 45.5 Å². The normalized spacial score (nSPS) is 16.3. The van der Waals surface area contributed by atoms with Gasteiger partial charge in [0.15, 0.2) is 11.5 Å². The van der Waals surface area contributed by atoms with E-state index >= 15 is 0 Å². The molecule has 1 N–H and O–H groups in total. The number of hydrogen-bond acceptors (Lipinski definition) is 7. The predicted molar refractivity (Wildman–Crippen MR) is 83.0 cm³/mol. The van der Waals surface area contributed by atoms with E-state index in [0.29, 0.717) is 11.3 Å². The Hall–Kier alpha value is -2.96. The molecule has 0 amide bonds. The van der Waals surface area contributed by atoms with E-state index in [1.807, 2.05) is 0 Å². The van der Waals surface area contributed by atoms with Crippen LogP contribution in [0.1, 0.15) is 29.2 Å². The summed E-state index contributed by atoms with van der Waals surface area (Å²) in [5, 5.41) is 10.0. The highest BCUT2D eigenvalue weighted by atomic mass is 16.5. The maximum atomic E-state index is 12.3. The molecule has 1 aromatic heterocycles. The summed E-state index contributed by atoms with van der Waals surface area (Å²) in [7, 11) is 2.80. The summed E-state index contributed by atoms with van der Waals surface area (Å²) in [6.07, 6.45) is -0.0299. The van der Waals surface area contributed by atoms with Gasteiger partial charge in [0.25, 0.3) is 0 Å². The number of rotatable bonds is 3. The standard InChI is InChI=1S/C17H16O7/c1-8-4-11-15(17(20)23-8)10(7-14(18)24-11)9-5-12(21-2)16(19)13(6-9)22-3/h4-6,10,19H,7H2,1-3H3/t10-/m1/s1. The highest BCUT2D eigenvalue weighted by Gasteiger charge is 2.33. The number of carbonyl (C=O) groups excluding carboxylic acids is 1. The van der Waals surface area contributed by atoms with Crippen molar-refractivity contribution in [1.29, 1.82) is 0 Å². The van der Waals surface area contributed by atoms with Gasteiger partial charge in [-0.2, -0.15) is 0 Å². The SMILES string of the molecule is COc1cc([C@H]2CC(=O)Oc3cc(C)oc(=O)c32)cc(OC)c1O. The fourth-order valence-corrected chi connectivity index (χ4v) is 2.82. The molecule has 3 rings (SSSR count). The molecular formula is C17H16O7. The van der Waals surface area contributed by atoms with Crippen LogP contribution >= 0.6 is 0 Å². The van der Waals surface area contributed by atoms with Crippen molar-refractivity contribution in [1.82, 2.24) is 0 Å². The molecule has 2 heterocycles. The maximum Gasteiger partial charge on any atom is 0.343 e. The summed E-state index contributed by atoms with van der Waals surface area (Å²) >= 11 is 0. The number of benzene rings is 1. The van der Waals surface area contributed by atoms with Gasteiger partial charge in [0.2, 0.25) is 5.75 Å². The topological polar surface area (TPSA) is 95.2 Å². The molecule has 0 bridgehead atoms. The zero-order valence-electron chi connectivity index (χ0n) is 13.4. The molecule has 1 aliphatic heterocycles. The van der Waals surface area contributed by atoms with Crippen LogP contribution in [0.5, 0.6) is 23.0 Å². The Morgan fingerprint density at radius 3 is 2.33 bits per heavy atom. The lowest BCUT2D eigenvalue weighted by atomic mass is 9.87. The molecule has 7 nitrogen and oxygen atoms in total. The second kappa shape index (κ2) is 5.92. The quantitative estimate of drug-likeness (QED) is 0.860. The van der Waals surface area contributed by atoms with Gasteiger partial charge in [0.05, 0.1) is 26.2 Å². The van der Waals surface area contributed by atoms with Crippen LogP contribution in [0, 0.1) is 6.92 Å². The molecule has 24 heavy (non-hydrogen) atoms. The number of carbonyl (C=O) groups is 1. The Bertz CT molecular complexity index is 841. The highest BCUT2D eigenvalue weighted by Crippen LogP contribution is 2.43. The number of aryl methyl sites for hydroxylation is 1. The van der Waals surface area contributed by atoms with Crippen molar-refractivity contribution in [2.24, 2.45) is 0 Å². The number of fused-ring (bicyclic) bond motifs is 1. The van der Waals surface area contributed by atoms with Gasteiger partial charge in [0, 0.05) is 12.0 Å². The van der Waals surface area contributed by atoms with Gasteiger partial charge in [-0.25, -0.2) is 4.79 Å². The van der Waals surface area contributed by atoms with Gasteiger partial charge < -0.3 is 23.7 Å². The van der Waals surface area contributed by atoms with Crippen LogP contribution < -0.4 is 19.8 Å². The Kier molecular flexibility index (Phi) is 3.92. The second-order valence-electron chi connectivity index (χ2n) is 5.43. The lowest BCUT2D eigenvalue weighted by molar-refractivity contribution is -0.135. The molecule has 0 unspecified atom stereocenters. The van der Waals surface area contributed by atoms with E-state index in [2.05, 4.69) is 0 Å². The van der Waals surface area contributed by atoms with E-state index < -0.39 is 17.5 Å². The summed E-state index contributed by atoms with van der Waals surface area (Å²) in [5.41, 5.74) is 0.277. The average molecular weight is 332 g/mol. The minimum atomic E-state index is -0.582. The molecule has 0 aliphatic carbocycles. The number of aromatic hydroxyl groups is 1. The first-order chi connectivity index (χ1) is 11.4.